The van der Waals surface area contributed by atoms with Crippen molar-refractivity contribution in [3.63, 3.8) is 0 Å². The van der Waals surface area contributed by atoms with Gasteiger partial charge in [-0.05, 0) is 33.1 Å². The molecule has 4 heteroatoms. The Morgan fingerprint density at radius 3 is 2.39 bits per heavy atom. The lowest BCUT2D eigenvalue weighted by molar-refractivity contribution is 0.0111. The van der Waals surface area contributed by atoms with E-state index >= 15 is 0 Å². The molecule has 104 valence electrons. The van der Waals surface area contributed by atoms with E-state index in [9.17, 15) is 5.11 Å². The van der Waals surface area contributed by atoms with Crippen LogP contribution >= 0.6 is 0 Å². The Bertz CT molecular complexity index is 383. The van der Waals surface area contributed by atoms with Crippen molar-refractivity contribution >= 4 is 0 Å². The van der Waals surface area contributed by atoms with Crippen LogP contribution in [0.2, 0.25) is 0 Å². The first-order chi connectivity index (χ1) is 8.49. The minimum atomic E-state index is -0.136. The molecule has 0 radical (unpaired) electrons. The summed E-state index contributed by atoms with van der Waals surface area (Å²) in [6.45, 7) is 9.25. The van der Waals surface area contributed by atoms with Gasteiger partial charge in [0.25, 0.3) is 0 Å². The molecule has 0 atom stereocenters. The van der Waals surface area contributed by atoms with E-state index in [-0.39, 0.29) is 12.2 Å². The molecule has 1 heterocycles. The maximum absolute atomic E-state index is 9.47. The number of aromatic nitrogens is 2. The van der Waals surface area contributed by atoms with Crippen molar-refractivity contribution in [2.75, 3.05) is 7.11 Å². The molecule has 0 aliphatic carbocycles. The molecule has 1 aromatic heterocycles. The van der Waals surface area contributed by atoms with Gasteiger partial charge in [-0.3, -0.25) is 4.68 Å². The molecule has 1 aromatic rings. The molecule has 0 aliphatic rings. The summed E-state index contributed by atoms with van der Waals surface area (Å²) in [6, 6.07) is 0. The maximum atomic E-state index is 9.47. The van der Waals surface area contributed by atoms with E-state index in [0.717, 1.165) is 42.8 Å². The zero-order chi connectivity index (χ0) is 13.8. The Kier molecular flexibility index (Phi) is 5.35. The summed E-state index contributed by atoms with van der Waals surface area (Å²) in [5.41, 5.74) is 3.05. The Labute approximate surface area is 110 Å². The molecule has 0 saturated carbocycles. The summed E-state index contributed by atoms with van der Waals surface area (Å²) >= 11 is 0. The fraction of sp³-hybridized carbons (Fsp3) is 0.786. The molecular weight excluding hydrogens is 228 g/mol. The SMILES string of the molecule is CCc1nn(CCC(C)(C)OC)c(CC)c1CO. The Morgan fingerprint density at radius 1 is 1.28 bits per heavy atom. The fourth-order valence-corrected chi connectivity index (χ4v) is 2.11. The normalized spacial score (nSPS) is 12.1. The number of methoxy groups -OCH3 is 1. The average Bonchev–Trinajstić information content (AvgIpc) is 2.73. The highest BCUT2D eigenvalue weighted by atomic mass is 16.5. The summed E-state index contributed by atoms with van der Waals surface area (Å²) in [6.07, 6.45) is 2.67. The largest absolute Gasteiger partial charge is 0.392 e. The van der Waals surface area contributed by atoms with Crippen LogP contribution in [0.1, 0.15) is 51.1 Å². The van der Waals surface area contributed by atoms with Crippen LogP contribution < -0.4 is 0 Å². The number of aliphatic hydroxyl groups is 1. The van der Waals surface area contributed by atoms with Crippen LogP contribution in [0.25, 0.3) is 0 Å². The smallest absolute Gasteiger partial charge is 0.0718 e. The number of rotatable bonds is 7. The van der Waals surface area contributed by atoms with E-state index in [1.165, 1.54) is 0 Å². The topological polar surface area (TPSA) is 47.3 Å². The molecule has 1 rings (SSSR count). The molecule has 0 aliphatic heterocycles. The highest BCUT2D eigenvalue weighted by Crippen LogP contribution is 2.19. The van der Waals surface area contributed by atoms with Gasteiger partial charge in [-0.1, -0.05) is 13.8 Å². The van der Waals surface area contributed by atoms with E-state index in [4.69, 9.17) is 4.74 Å². The van der Waals surface area contributed by atoms with Crippen molar-refractivity contribution in [3.05, 3.63) is 17.0 Å². The monoisotopic (exact) mass is 254 g/mol. The number of hydrogen-bond acceptors (Lipinski definition) is 3. The average molecular weight is 254 g/mol. The van der Waals surface area contributed by atoms with Gasteiger partial charge in [-0.15, -0.1) is 0 Å². The van der Waals surface area contributed by atoms with E-state index in [0.29, 0.717) is 0 Å². The van der Waals surface area contributed by atoms with Gasteiger partial charge in [0.05, 0.1) is 17.9 Å². The summed E-state index contributed by atoms with van der Waals surface area (Å²) < 4.78 is 7.47. The molecule has 0 spiro atoms. The van der Waals surface area contributed by atoms with Crippen LogP contribution in [0.3, 0.4) is 0 Å². The minimum absolute atomic E-state index is 0.0834. The minimum Gasteiger partial charge on any atom is -0.392 e. The van der Waals surface area contributed by atoms with Gasteiger partial charge in [0, 0.05) is 24.9 Å². The molecule has 18 heavy (non-hydrogen) atoms. The lowest BCUT2D eigenvalue weighted by Crippen LogP contribution is -2.25. The van der Waals surface area contributed by atoms with Crippen LogP contribution in [0.4, 0.5) is 0 Å². The highest BCUT2D eigenvalue weighted by molar-refractivity contribution is 5.26. The van der Waals surface area contributed by atoms with Gasteiger partial charge in [0.2, 0.25) is 0 Å². The van der Waals surface area contributed by atoms with E-state index in [2.05, 4.69) is 32.8 Å². The number of aryl methyl sites for hydroxylation is 2. The van der Waals surface area contributed by atoms with E-state index in [1.54, 1.807) is 7.11 Å². The number of nitrogens with zero attached hydrogens (tertiary/aromatic N) is 2. The van der Waals surface area contributed by atoms with E-state index < -0.39 is 0 Å². The predicted octanol–water partition coefficient (Wildman–Crippen LogP) is 2.32. The molecule has 0 saturated heterocycles. The van der Waals surface area contributed by atoms with Gasteiger partial charge in [-0.25, -0.2) is 0 Å². The zero-order valence-electron chi connectivity index (χ0n) is 12.3. The first kappa shape index (κ1) is 15.2. The van der Waals surface area contributed by atoms with Crippen molar-refractivity contribution < 1.29 is 9.84 Å². The first-order valence-electron chi connectivity index (χ1n) is 6.72. The molecule has 0 fully saturated rings. The zero-order valence-corrected chi connectivity index (χ0v) is 12.3. The third kappa shape index (κ3) is 3.33. The van der Waals surface area contributed by atoms with Crippen molar-refractivity contribution in [3.8, 4) is 0 Å². The second-order valence-corrected chi connectivity index (χ2v) is 5.17. The van der Waals surface area contributed by atoms with Crippen LogP contribution in [0, 0.1) is 0 Å². The number of hydrogen-bond donors (Lipinski definition) is 1. The number of ether oxygens (including phenoxy) is 1. The summed E-state index contributed by atoms with van der Waals surface area (Å²) in [7, 11) is 1.74. The third-order valence-corrected chi connectivity index (χ3v) is 3.56. The maximum Gasteiger partial charge on any atom is 0.0718 e. The van der Waals surface area contributed by atoms with Gasteiger partial charge < -0.3 is 9.84 Å². The van der Waals surface area contributed by atoms with Crippen LogP contribution in [-0.4, -0.2) is 27.6 Å². The second-order valence-electron chi connectivity index (χ2n) is 5.17. The van der Waals surface area contributed by atoms with Crippen LogP contribution in [0.15, 0.2) is 0 Å². The Morgan fingerprint density at radius 2 is 1.94 bits per heavy atom. The summed E-state index contributed by atoms with van der Waals surface area (Å²) in [5.74, 6) is 0. The lowest BCUT2D eigenvalue weighted by atomic mass is 10.1. The molecule has 1 N–H and O–H groups in total. The van der Waals surface area contributed by atoms with Crippen LogP contribution in [-0.2, 0) is 30.7 Å². The molecule has 0 bridgehead atoms. The van der Waals surface area contributed by atoms with Gasteiger partial charge >= 0.3 is 0 Å². The Balaban J connectivity index is 2.92. The van der Waals surface area contributed by atoms with Crippen molar-refractivity contribution in [2.45, 2.75) is 65.7 Å². The van der Waals surface area contributed by atoms with Gasteiger partial charge in [-0.2, -0.15) is 5.10 Å². The van der Waals surface area contributed by atoms with Crippen LogP contribution in [0.5, 0.6) is 0 Å². The van der Waals surface area contributed by atoms with Gasteiger partial charge in [0.15, 0.2) is 0 Å². The highest BCUT2D eigenvalue weighted by Gasteiger charge is 2.19. The first-order valence-corrected chi connectivity index (χ1v) is 6.72. The van der Waals surface area contributed by atoms with Crippen molar-refractivity contribution in [1.29, 1.82) is 0 Å². The quantitative estimate of drug-likeness (QED) is 0.812. The van der Waals surface area contributed by atoms with Crippen molar-refractivity contribution in [2.24, 2.45) is 0 Å². The molecular formula is C14H26N2O2. The molecule has 0 unspecified atom stereocenters. The molecule has 0 amide bonds. The lowest BCUT2D eigenvalue weighted by Gasteiger charge is -2.23. The van der Waals surface area contributed by atoms with E-state index in [1.807, 2.05) is 4.68 Å². The summed E-state index contributed by atoms with van der Waals surface area (Å²) in [5, 5.41) is 14.1. The molecule has 0 aromatic carbocycles. The fourth-order valence-electron chi connectivity index (χ4n) is 2.11. The predicted molar refractivity (Wildman–Crippen MR) is 72.6 cm³/mol. The van der Waals surface area contributed by atoms with Gasteiger partial charge in [0.1, 0.15) is 0 Å². The third-order valence-electron chi connectivity index (χ3n) is 3.56. The summed E-state index contributed by atoms with van der Waals surface area (Å²) in [4.78, 5) is 0. The standard InChI is InChI=1S/C14H26N2O2/c1-6-12-11(10-17)13(7-2)16(15-12)9-8-14(3,4)18-5/h17H,6-10H2,1-5H3. The molecule has 4 nitrogen and oxygen atoms in total. The van der Waals surface area contributed by atoms with Crippen molar-refractivity contribution in [1.82, 2.24) is 9.78 Å². The second kappa shape index (κ2) is 6.34. The number of aliphatic hydroxyl groups excluding tert-OH is 1. The Hall–Kier alpha value is -0.870.